The Labute approximate surface area is 122 Å². The summed E-state index contributed by atoms with van der Waals surface area (Å²) in [5.41, 5.74) is 4.56. The van der Waals surface area contributed by atoms with E-state index in [1.807, 2.05) is 0 Å². The van der Waals surface area contributed by atoms with Crippen molar-refractivity contribution in [2.75, 3.05) is 6.54 Å². The molecule has 1 unspecified atom stereocenters. The Hall–Kier alpha value is -1.34. The standard InChI is InChI=1S/C19H25N/c1-4-12-20-19(13(2)3)17-11-10-15-9-8-14-6-5-7-16(17)18(14)15/h5-7,10-11,13,19-20H,4,8-9,12H2,1-3H3. The van der Waals surface area contributed by atoms with Gasteiger partial charge in [0.2, 0.25) is 0 Å². The van der Waals surface area contributed by atoms with Gasteiger partial charge in [-0.3, -0.25) is 0 Å². The first-order valence-corrected chi connectivity index (χ1v) is 7.99. The van der Waals surface area contributed by atoms with Crippen molar-refractivity contribution in [2.45, 2.75) is 46.1 Å². The second-order valence-corrected chi connectivity index (χ2v) is 6.33. The number of aryl methyl sites for hydroxylation is 2. The molecule has 0 fully saturated rings. The fraction of sp³-hybridized carbons (Fsp3) is 0.474. The summed E-state index contributed by atoms with van der Waals surface area (Å²) >= 11 is 0. The molecule has 0 amide bonds. The van der Waals surface area contributed by atoms with Gasteiger partial charge in [-0.25, -0.2) is 0 Å². The molecule has 2 aromatic carbocycles. The van der Waals surface area contributed by atoms with Crippen molar-refractivity contribution in [2.24, 2.45) is 5.92 Å². The predicted molar refractivity (Wildman–Crippen MR) is 87.2 cm³/mol. The highest BCUT2D eigenvalue weighted by Crippen LogP contribution is 2.36. The van der Waals surface area contributed by atoms with E-state index in [-0.39, 0.29) is 0 Å². The predicted octanol–water partition coefficient (Wildman–Crippen LogP) is 4.64. The summed E-state index contributed by atoms with van der Waals surface area (Å²) in [5, 5.41) is 6.74. The molecule has 2 aromatic rings. The van der Waals surface area contributed by atoms with Gasteiger partial charge in [0.05, 0.1) is 0 Å². The van der Waals surface area contributed by atoms with E-state index in [1.165, 1.54) is 46.7 Å². The molecule has 1 aliphatic carbocycles. The smallest absolute Gasteiger partial charge is 0.0349 e. The van der Waals surface area contributed by atoms with Crippen molar-refractivity contribution >= 4 is 10.8 Å². The minimum absolute atomic E-state index is 0.458. The summed E-state index contributed by atoms with van der Waals surface area (Å²) in [6.45, 7) is 7.96. The van der Waals surface area contributed by atoms with E-state index in [2.05, 4.69) is 56.4 Å². The van der Waals surface area contributed by atoms with Gasteiger partial charge in [-0.05, 0) is 59.2 Å². The maximum atomic E-state index is 3.74. The average molecular weight is 267 g/mol. The van der Waals surface area contributed by atoms with Crippen LogP contribution >= 0.6 is 0 Å². The van der Waals surface area contributed by atoms with Gasteiger partial charge in [0.1, 0.15) is 0 Å². The maximum Gasteiger partial charge on any atom is 0.0349 e. The van der Waals surface area contributed by atoms with Gasteiger partial charge in [-0.1, -0.05) is 51.1 Å². The maximum absolute atomic E-state index is 3.74. The second-order valence-electron chi connectivity index (χ2n) is 6.33. The zero-order valence-corrected chi connectivity index (χ0v) is 12.9. The van der Waals surface area contributed by atoms with Crippen molar-refractivity contribution in [3.05, 3.63) is 47.0 Å². The van der Waals surface area contributed by atoms with Gasteiger partial charge in [0.25, 0.3) is 0 Å². The van der Waals surface area contributed by atoms with Crippen LogP contribution in [-0.4, -0.2) is 6.54 Å². The number of hydrogen-bond acceptors (Lipinski definition) is 1. The molecule has 0 bridgehead atoms. The zero-order chi connectivity index (χ0) is 14.1. The van der Waals surface area contributed by atoms with E-state index in [1.54, 1.807) is 0 Å². The van der Waals surface area contributed by atoms with Crippen LogP contribution in [0.25, 0.3) is 10.8 Å². The molecule has 0 heterocycles. The Kier molecular flexibility index (Phi) is 3.80. The molecule has 106 valence electrons. The minimum Gasteiger partial charge on any atom is -0.310 e. The van der Waals surface area contributed by atoms with Crippen molar-refractivity contribution < 1.29 is 0 Å². The fourth-order valence-electron chi connectivity index (χ4n) is 3.55. The fourth-order valence-corrected chi connectivity index (χ4v) is 3.55. The highest BCUT2D eigenvalue weighted by atomic mass is 14.9. The largest absolute Gasteiger partial charge is 0.310 e. The first-order valence-electron chi connectivity index (χ1n) is 7.99. The summed E-state index contributed by atoms with van der Waals surface area (Å²) in [6, 6.07) is 12.0. The topological polar surface area (TPSA) is 12.0 Å². The van der Waals surface area contributed by atoms with Crippen LogP contribution in [0.4, 0.5) is 0 Å². The summed E-state index contributed by atoms with van der Waals surface area (Å²) in [4.78, 5) is 0. The number of hydrogen-bond donors (Lipinski definition) is 1. The van der Waals surface area contributed by atoms with E-state index in [0.717, 1.165) is 6.54 Å². The van der Waals surface area contributed by atoms with E-state index >= 15 is 0 Å². The molecule has 0 radical (unpaired) electrons. The third-order valence-electron chi connectivity index (χ3n) is 4.53. The molecular formula is C19H25N. The van der Waals surface area contributed by atoms with Crippen LogP contribution < -0.4 is 5.32 Å². The van der Waals surface area contributed by atoms with Crippen molar-refractivity contribution in [1.29, 1.82) is 0 Å². The molecule has 20 heavy (non-hydrogen) atoms. The normalized spacial score (nSPS) is 15.2. The van der Waals surface area contributed by atoms with Crippen LogP contribution in [0, 0.1) is 5.92 Å². The van der Waals surface area contributed by atoms with Crippen LogP contribution in [0.3, 0.4) is 0 Å². The van der Waals surface area contributed by atoms with Gasteiger partial charge < -0.3 is 5.32 Å². The van der Waals surface area contributed by atoms with Crippen LogP contribution in [0.15, 0.2) is 30.3 Å². The lowest BCUT2D eigenvalue weighted by molar-refractivity contribution is 0.415. The average Bonchev–Trinajstić information content (AvgIpc) is 2.86. The number of benzene rings is 2. The summed E-state index contributed by atoms with van der Waals surface area (Å²) in [7, 11) is 0. The number of rotatable bonds is 5. The van der Waals surface area contributed by atoms with Crippen molar-refractivity contribution in [3.63, 3.8) is 0 Å². The SMILES string of the molecule is CCCNC(c1ccc2c3c(cccc13)CC2)C(C)C. The van der Waals surface area contributed by atoms with Crippen LogP contribution in [-0.2, 0) is 12.8 Å². The monoisotopic (exact) mass is 267 g/mol. The van der Waals surface area contributed by atoms with Crippen LogP contribution in [0.5, 0.6) is 0 Å². The third-order valence-corrected chi connectivity index (χ3v) is 4.53. The van der Waals surface area contributed by atoms with E-state index < -0.39 is 0 Å². The summed E-state index contributed by atoms with van der Waals surface area (Å²) in [5.74, 6) is 0.611. The quantitative estimate of drug-likeness (QED) is 0.832. The lowest BCUT2D eigenvalue weighted by Crippen LogP contribution is -2.26. The lowest BCUT2D eigenvalue weighted by atomic mass is 9.90. The Morgan fingerprint density at radius 2 is 1.80 bits per heavy atom. The Balaban J connectivity index is 2.11. The number of nitrogens with one attached hydrogen (secondary N) is 1. The third kappa shape index (κ3) is 2.25. The Morgan fingerprint density at radius 3 is 2.50 bits per heavy atom. The van der Waals surface area contributed by atoms with E-state index in [0.29, 0.717) is 12.0 Å². The zero-order valence-electron chi connectivity index (χ0n) is 12.9. The van der Waals surface area contributed by atoms with Gasteiger partial charge in [-0.2, -0.15) is 0 Å². The van der Waals surface area contributed by atoms with E-state index in [4.69, 9.17) is 0 Å². The minimum atomic E-state index is 0.458. The van der Waals surface area contributed by atoms with Gasteiger partial charge >= 0.3 is 0 Å². The van der Waals surface area contributed by atoms with Crippen molar-refractivity contribution in [3.8, 4) is 0 Å². The summed E-state index contributed by atoms with van der Waals surface area (Å²) < 4.78 is 0. The molecule has 1 heteroatoms. The summed E-state index contributed by atoms with van der Waals surface area (Å²) in [6.07, 6.45) is 3.61. The van der Waals surface area contributed by atoms with Gasteiger partial charge in [0.15, 0.2) is 0 Å². The first-order chi connectivity index (χ1) is 9.72. The van der Waals surface area contributed by atoms with Crippen LogP contribution in [0.1, 0.15) is 49.9 Å². The molecule has 1 aliphatic rings. The lowest BCUT2D eigenvalue weighted by Gasteiger charge is -2.25. The molecule has 0 saturated carbocycles. The van der Waals surface area contributed by atoms with Crippen LogP contribution in [0.2, 0.25) is 0 Å². The Morgan fingerprint density at radius 1 is 1.05 bits per heavy atom. The molecule has 0 aliphatic heterocycles. The van der Waals surface area contributed by atoms with E-state index in [9.17, 15) is 0 Å². The Bertz CT molecular complexity index is 602. The van der Waals surface area contributed by atoms with Gasteiger partial charge in [0, 0.05) is 6.04 Å². The molecule has 1 N–H and O–H groups in total. The molecule has 3 rings (SSSR count). The molecule has 0 saturated heterocycles. The molecule has 0 spiro atoms. The molecule has 1 atom stereocenters. The molecule has 1 nitrogen and oxygen atoms in total. The van der Waals surface area contributed by atoms with Gasteiger partial charge in [-0.15, -0.1) is 0 Å². The van der Waals surface area contributed by atoms with Crippen molar-refractivity contribution in [1.82, 2.24) is 5.32 Å². The molecular weight excluding hydrogens is 242 g/mol. The highest BCUT2D eigenvalue weighted by molar-refractivity contribution is 5.93. The second kappa shape index (κ2) is 5.57. The molecule has 0 aromatic heterocycles. The first kappa shape index (κ1) is 13.6. The highest BCUT2D eigenvalue weighted by Gasteiger charge is 2.21.